The van der Waals surface area contributed by atoms with Crippen molar-refractivity contribution in [3.05, 3.63) is 128 Å². The van der Waals surface area contributed by atoms with Crippen molar-refractivity contribution >= 4 is 82.3 Å². The minimum atomic E-state index is 0. The number of aromatic nitrogens is 5. The number of benzene rings is 4. The smallest absolute Gasteiger partial charge is 0.111 e. The van der Waals surface area contributed by atoms with Crippen molar-refractivity contribution in [1.29, 1.82) is 0 Å². The third-order valence-corrected chi connectivity index (χ3v) is 9.67. The number of para-hydroxylation sites is 4. The van der Waals surface area contributed by atoms with Gasteiger partial charge in [-0.25, -0.2) is 0 Å². The van der Waals surface area contributed by atoms with Crippen LogP contribution >= 0.6 is 11.3 Å². The Bertz CT molecular complexity index is 2600. The van der Waals surface area contributed by atoms with E-state index in [4.69, 9.17) is 10.1 Å². The summed E-state index contributed by atoms with van der Waals surface area (Å²) in [6.07, 6.45) is 3.72. The van der Waals surface area contributed by atoms with Crippen LogP contribution in [-0.4, -0.2) is 23.7 Å². The second-order valence-electron chi connectivity index (χ2n) is 10.6. The van der Waals surface area contributed by atoms with Crippen molar-refractivity contribution in [2.24, 2.45) is 0 Å². The summed E-state index contributed by atoms with van der Waals surface area (Å²) in [7, 11) is 0. The first-order chi connectivity index (χ1) is 20.9. The molecule has 205 valence electrons. The van der Waals surface area contributed by atoms with Crippen LogP contribution in [0.5, 0.6) is 0 Å². The minimum Gasteiger partial charge on any atom is -0.381 e. The SMILES string of the molecule is [Ir].[c-]1ccnc2c3c(-n4c5ccccc5c5ccccc54)sc(-n4c5ccccc5c5ccccc54)c3c3ccnn3c12. The molecule has 1 radical (unpaired) electrons. The minimum absolute atomic E-state index is 0. The van der Waals surface area contributed by atoms with Gasteiger partial charge in [-0.1, -0.05) is 90.3 Å². The number of thiophene rings is 1. The molecular formula is C36H20IrN5S-. The summed E-state index contributed by atoms with van der Waals surface area (Å²) in [5.41, 5.74) is 7.53. The number of hydrogen-bond donors (Lipinski definition) is 0. The summed E-state index contributed by atoms with van der Waals surface area (Å²) in [4.78, 5) is 4.98. The van der Waals surface area contributed by atoms with E-state index >= 15 is 0 Å². The zero-order chi connectivity index (χ0) is 27.4. The molecule has 0 amide bonds. The molecule has 0 saturated carbocycles. The van der Waals surface area contributed by atoms with E-state index in [1.54, 1.807) is 0 Å². The molecule has 0 spiro atoms. The Balaban J connectivity index is 0.00000260. The average Bonchev–Trinajstić information content (AvgIpc) is 3.82. The Morgan fingerprint density at radius 1 is 0.535 bits per heavy atom. The average molecular weight is 747 g/mol. The largest absolute Gasteiger partial charge is 0.381 e. The van der Waals surface area contributed by atoms with Crippen LogP contribution in [0.1, 0.15) is 0 Å². The van der Waals surface area contributed by atoms with Gasteiger partial charge in [0.05, 0.1) is 32.6 Å². The monoisotopic (exact) mass is 747 g/mol. The molecule has 6 heterocycles. The number of pyridine rings is 2. The topological polar surface area (TPSA) is 40.0 Å². The van der Waals surface area contributed by atoms with Gasteiger partial charge in [0, 0.05) is 53.2 Å². The van der Waals surface area contributed by atoms with Gasteiger partial charge in [0.2, 0.25) is 0 Å². The molecule has 0 unspecified atom stereocenters. The summed E-state index contributed by atoms with van der Waals surface area (Å²) in [5.74, 6) is 0. The van der Waals surface area contributed by atoms with Crippen LogP contribution in [0.25, 0.3) is 80.9 Å². The zero-order valence-electron chi connectivity index (χ0n) is 22.5. The Kier molecular flexibility index (Phi) is 5.23. The van der Waals surface area contributed by atoms with Gasteiger partial charge in [0.25, 0.3) is 0 Å². The summed E-state index contributed by atoms with van der Waals surface area (Å²) < 4.78 is 6.85. The molecule has 7 heteroatoms. The van der Waals surface area contributed by atoms with Gasteiger partial charge in [-0.2, -0.15) is 17.2 Å². The third kappa shape index (κ3) is 3.19. The molecule has 10 aromatic rings. The van der Waals surface area contributed by atoms with E-state index in [0.717, 1.165) is 37.3 Å². The molecule has 0 saturated heterocycles. The normalized spacial score (nSPS) is 12.0. The number of fused-ring (bicyclic) bond motifs is 12. The van der Waals surface area contributed by atoms with E-state index in [9.17, 15) is 0 Å². The van der Waals surface area contributed by atoms with Crippen molar-refractivity contribution in [2.75, 3.05) is 0 Å². The second kappa shape index (κ2) is 9.09. The van der Waals surface area contributed by atoms with Crippen molar-refractivity contribution in [2.45, 2.75) is 0 Å². The fraction of sp³-hybridized carbons (Fsp3) is 0. The van der Waals surface area contributed by atoms with Gasteiger partial charge in [0.15, 0.2) is 0 Å². The molecule has 0 aliphatic rings. The standard InChI is InChI=1S/C36H20N5S.Ir/c1-5-14-26-22(10-1)23-11-2-6-15-27(23)39(26)35-32-30-19-21-38-41(30)31-18-9-20-37-34(31)33(32)36(42-35)40-28-16-7-3-12-24(28)25-13-4-8-17-29(25)40;/h1-17,19-21H;/q-1;. The molecule has 43 heavy (non-hydrogen) atoms. The van der Waals surface area contributed by atoms with Gasteiger partial charge in [-0.05, 0) is 46.8 Å². The summed E-state index contributed by atoms with van der Waals surface area (Å²) in [5, 5.41) is 14.3. The van der Waals surface area contributed by atoms with Gasteiger partial charge >= 0.3 is 0 Å². The van der Waals surface area contributed by atoms with Crippen LogP contribution in [0, 0.1) is 6.07 Å². The van der Waals surface area contributed by atoms with E-state index in [1.165, 1.54) is 43.6 Å². The predicted octanol–water partition coefficient (Wildman–Crippen LogP) is 9.09. The fourth-order valence-electron chi connectivity index (χ4n) is 6.84. The van der Waals surface area contributed by atoms with E-state index in [2.05, 4.69) is 118 Å². The first-order valence-corrected chi connectivity index (χ1v) is 14.8. The van der Waals surface area contributed by atoms with Gasteiger partial charge in [-0.15, -0.1) is 0 Å². The molecule has 0 bridgehead atoms. The molecule has 0 aliphatic carbocycles. The van der Waals surface area contributed by atoms with Crippen LogP contribution < -0.4 is 0 Å². The Morgan fingerprint density at radius 3 is 1.56 bits per heavy atom. The van der Waals surface area contributed by atoms with Gasteiger partial charge in [-0.3, -0.25) is 4.52 Å². The summed E-state index contributed by atoms with van der Waals surface area (Å²) >= 11 is 1.81. The van der Waals surface area contributed by atoms with Crippen LogP contribution in [0.4, 0.5) is 0 Å². The molecule has 10 rings (SSSR count). The molecule has 6 aromatic heterocycles. The Morgan fingerprint density at radius 2 is 1.02 bits per heavy atom. The van der Waals surface area contributed by atoms with E-state index in [-0.39, 0.29) is 20.1 Å². The zero-order valence-corrected chi connectivity index (χ0v) is 25.7. The molecule has 4 aromatic carbocycles. The number of hydrogen-bond acceptors (Lipinski definition) is 3. The van der Waals surface area contributed by atoms with E-state index in [1.807, 2.05) is 34.3 Å². The fourth-order valence-corrected chi connectivity index (χ4v) is 8.20. The van der Waals surface area contributed by atoms with Crippen LogP contribution in [-0.2, 0) is 20.1 Å². The number of rotatable bonds is 2. The second-order valence-corrected chi connectivity index (χ2v) is 11.6. The molecular weight excluding hydrogens is 727 g/mol. The maximum atomic E-state index is 4.98. The van der Waals surface area contributed by atoms with Crippen LogP contribution in [0.2, 0.25) is 0 Å². The summed E-state index contributed by atoms with van der Waals surface area (Å²) in [6.45, 7) is 0. The Hall–Kier alpha value is -4.81. The predicted molar refractivity (Wildman–Crippen MR) is 173 cm³/mol. The quantitative estimate of drug-likeness (QED) is 0.166. The molecule has 0 atom stereocenters. The molecule has 0 aliphatic heterocycles. The van der Waals surface area contributed by atoms with Crippen molar-refractivity contribution in [3.8, 4) is 10.0 Å². The van der Waals surface area contributed by atoms with Crippen molar-refractivity contribution in [3.63, 3.8) is 0 Å². The molecule has 0 fully saturated rings. The van der Waals surface area contributed by atoms with E-state index < -0.39 is 0 Å². The van der Waals surface area contributed by atoms with Crippen molar-refractivity contribution < 1.29 is 20.1 Å². The first kappa shape index (κ1) is 24.8. The Labute approximate surface area is 262 Å². The maximum absolute atomic E-state index is 4.98. The van der Waals surface area contributed by atoms with Crippen LogP contribution in [0.3, 0.4) is 0 Å². The summed E-state index contributed by atoms with van der Waals surface area (Å²) in [6, 6.07) is 42.2. The first-order valence-electron chi connectivity index (χ1n) is 13.9. The number of nitrogens with zero attached hydrogens (tertiary/aromatic N) is 5. The van der Waals surface area contributed by atoms with Crippen LogP contribution in [0.15, 0.2) is 122 Å². The molecule has 0 N–H and O–H groups in total. The van der Waals surface area contributed by atoms with Crippen molar-refractivity contribution in [1.82, 2.24) is 23.7 Å². The van der Waals surface area contributed by atoms with E-state index in [0.29, 0.717) is 0 Å². The molecule has 5 nitrogen and oxygen atoms in total. The third-order valence-electron chi connectivity index (χ3n) is 8.51. The van der Waals surface area contributed by atoms with Gasteiger partial charge in [0.1, 0.15) is 5.00 Å². The maximum Gasteiger partial charge on any atom is 0.111 e. The van der Waals surface area contributed by atoms with Gasteiger partial charge < -0.3 is 14.1 Å².